The van der Waals surface area contributed by atoms with Gasteiger partial charge in [0.1, 0.15) is 0 Å². The largest absolute Gasteiger partial charge is 0.395 e. The zero-order chi connectivity index (χ0) is 8.43. The second-order valence-electron chi connectivity index (χ2n) is 1.97. The fraction of sp³-hybridized carbons (Fsp3) is 0. The maximum absolute atomic E-state index is 12.8. The molecule has 0 aliphatic carbocycles. The van der Waals surface area contributed by atoms with Gasteiger partial charge in [-0.1, -0.05) is 11.6 Å². The van der Waals surface area contributed by atoms with E-state index >= 15 is 0 Å². The molecule has 3 nitrogen and oxygen atoms in total. The lowest BCUT2D eigenvalue weighted by molar-refractivity contribution is 0.633. The van der Waals surface area contributed by atoms with E-state index in [1.807, 2.05) is 0 Å². The molecule has 0 fully saturated rings. The number of nitrogens with one attached hydrogen (secondary N) is 1. The van der Waals surface area contributed by atoms with E-state index in [4.69, 9.17) is 23.2 Å². The maximum atomic E-state index is 12.8. The normalized spacial score (nSPS) is 9.73. The Morgan fingerprint density at radius 1 is 1.45 bits per heavy atom. The van der Waals surface area contributed by atoms with Crippen LogP contribution in [0.15, 0.2) is 12.1 Å². The van der Waals surface area contributed by atoms with Gasteiger partial charge in [-0.05, 0) is 12.1 Å². The summed E-state index contributed by atoms with van der Waals surface area (Å²) in [5.41, 5.74) is 7.79. The van der Waals surface area contributed by atoms with Gasteiger partial charge in [0.25, 0.3) is 0 Å². The Hall–Kier alpha value is -1.00. The molecular weight excluding hydrogens is 169 g/mol. The highest BCUT2D eigenvalue weighted by Crippen LogP contribution is 2.26. The van der Waals surface area contributed by atoms with E-state index < -0.39 is 5.82 Å². The third-order valence-electron chi connectivity index (χ3n) is 1.29. The number of nitrogen functional groups attached to an aromatic ring is 2. The summed E-state index contributed by atoms with van der Waals surface area (Å²) in [6.07, 6.45) is 0. The van der Waals surface area contributed by atoms with Crippen molar-refractivity contribution < 1.29 is 4.39 Å². The molecule has 0 heterocycles. The van der Waals surface area contributed by atoms with Gasteiger partial charge in [0.2, 0.25) is 0 Å². The maximum Gasteiger partial charge on any atom is 0.166 e. The van der Waals surface area contributed by atoms with Crippen molar-refractivity contribution in [2.45, 2.75) is 0 Å². The molecule has 0 unspecified atom stereocenters. The first-order chi connectivity index (χ1) is 5.16. The molecule has 5 N–H and O–H groups in total. The molecule has 11 heavy (non-hydrogen) atoms. The molecule has 5 heteroatoms. The van der Waals surface area contributed by atoms with Crippen LogP contribution in [0.2, 0.25) is 5.02 Å². The molecule has 1 aromatic carbocycles. The van der Waals surface area contributed by atoms with Gasteiger partial charge in [0.15, 0.2) is 5.82 Å². The van der Waals surface area contributed by atoms with Gasteiger partial charge in [-0.15, -0.1) is 0 Å². The molecule has 0 spiro atoms. The summed E-state index contributed by atoms with van der Waals surface area (Å²) in [5.74, 6) is 4.38. The third-order valence-corrected chi connectivity index (χ3v) is 1.58. The number of hydrogen-bond donors (Lipinski definition) is 3. The van der Waals surface area contributed by atoms with Crippen LogP contribution in [0.3, 0.4) is 0 Å². The highest BCUT2D eigenvalue weighted by atomic mass is 35.5. The lowest BCUT2D eigenvalue weighted by atomic mass is 10.2. The molecule has 0 atom stereocenters. The molecule has 0 aliphatic rings. The van der Waals surface area contributed by atoms with Crippen molar-refractivity contribution >= 4 is 23.0 Å². The van der Waals surface area contributed by atoms with Crippen LogP contribution in [-0.4, -0.2) is 0 Å². The van der Waals surface area contributed by atoms with Crippen LogP contribution in [-0.2, 0) is 0 Å². The van der Waals surface area contributed by atoms with Gasteiger partial charge < -0.3 is 11.2 Å². The highest BCUT2D eigenvalue weighted by Gasteiger charge is 2.07. The summed E-state index contributed by atoms with van der Waals surface area (Å²) in [6.45, 7) is 0. The average molecular weight is 176 g/mol. The first-order valence-electron chi connectivity index (χ1n) is 2.87. The van der Waals surface area contributed by atoms with Gasteiger partial charge in [-0.3, -0.25) is 5.84 Å². The SMILES string of the molecule is NNc1ccc(Cl)c(F)c1N. The Bertz CT molecular complexity index is 277. The summed E-state index contributed by atoms with van der Waals surface area (Å²) >= 11 is 5.42. The fourth-order valence-electron chi connectivity index (χ4n) is 0.692. The molecule has 0 aromatic heterocycles. The van der Waals surface area contributed by atoms with E-state index in [-0.39, 0.29) is 10.7 Å². The Morgan fingerprint density at radius 3 is 2.64 bits per heavy atom. The number of hydrazine groups is 1. The lowest BCUT2D eigenvalue weighted by Crippen LogP contribution is -2.09. The molecule has 0 saturated carbocycles. The molecule has 1 aromatic rings. The summed E-state index contributed by atoms with van der Waals surface area (Å²) < 4.78 is 12.8. The molecule has 0 saturated heterocycles. The smallest absolute Gasteiger partial charge is 0.166 e. The number of hydrogen-bond acceptors (Lipinski definition) is 3. The standard InChI is InChI=1S/C6H7ClFN3/c7-3-1-2-4(11-10)6(9)5(3)8/h1-2,11H,9-10H2. The van der Waals surface area contributed by atoms with Crippen molar-refractivity contribution in [3.05, 3.63) is 23.0 Å². The third kappa shape index (κ3) is 1.36. The summed E-state index contributed by atoms with van der Waals surface area (Å²) in [5, 5.41) is -0.0125. The van der Waals surface area contributed by atoms with Gasteiger partial charge in [0.05, 0.1) is 16.4 Å². The molecular formula is C6H7ClFN3. The first-order valence-corrected chi connectivity index (χ1v) is 3.24. The van der Waals surface area contributed by atoms with Crippen LogP contribution >= 0.6 is 11.6 Å². The van der Waals surface area contributed by atoms with Crippen LogP contribution in [0.1, 0.15) is 0 Å². The van der Waals surface area contributed by atoms with Gasteiger partial charge >= 0.3 is 0 Å². The predicted molar refractivity (Wildman–Crippen MR) is 43.6 cm³/mol. The average Bonchev–Trinajstić information content (AvgIpc) is 2.01. The Kier molecular flexibility index (Phi) is 2.16. The van der Waals surface area contributed by atoms with Crippen molar-refractivity contribution in [2.24, 2.45) is 5.84 Å². The second kappa shape index (κ2) is 2.94. The quantitative estimate of drug-likeness (QED) is 0.343. The molecule has 60 valence electrons. The van der Waals surface area contributed by atoms with Crippen molar-refractivity contribution in [1.82, 2.24) is 0 Å². The summed E-state index contributed by atoms with van der Waals surface area (Å²) in [7, 11) is 0. The minimum atomic E-state index is -0.651. The monoisotopic (exact) mass is 175 g/mol. The molecule has 0 amide bonds. The number of rotatable bonds is 1. The van der Waals surface area contributed by atoms with E-state index in [0.717, 1.165) is 0 Å². The van der Waals surface area contributed by atoms with E-state index in [9.17, 15) is 4.39 Å². The zero-order valence-corrected chi connectivity index (χ0v) is 6.32. The minimum absolute atomic E-state index is 0.0125. The second-order valence-corrected chi connectivity index (χ2v) is 2.37. The highest BCUT2D eigenvalue weighted by molar-refractivity contribution is 6.31. The van der Waals surface area contributed by atoms with Crippen LogP contribution in [0.25, 0.3) is 0 Å². The number of halogens is 2. The summed E-state index contributed by atoms with van der Waals surface area (Å²) in [4.78, 5) is 0. The number of benzene rings is 1. The molecule has 0 aliphatic heterocycles. The summed E-state index contributed by atoms with van der Waals surface area (Å²) in [6, 6.07) is 2.88. The number of anilines is 2. The predicted octanol–water partition coefficient (Wildman–Crippen LogP) is 1.35. The van der Waals surface area contributed by atoms with Gasteiger partial charge in [0, 0.05) is 0 Å². The Labute approximate surface area is 68.1 Å². The van der Waals surface area contributed by atoms with Crippen molar-refractivity contribution in [3.63, 3.8) is 0 Å². The number of nitrogens with two attached hydrogens (primary N) is 2. The first kappa shape index (κ1) is 8.10. The van der Waals surface area contributed by atoms with Crippen molar-refractivity contribution in [3.8, 4) is 0 Å². The van der Waals surface area contributed by atoms with Gasteiger partial charge in [-0.25, -0.2) is 4.39 Å². The van der Waals surface area contributed by atoms with E-state index in [0.29, 0.717) is 5.69 Å². The topological polar surface area (TPSA) is 64.1 Å². The van der Waals surface area contributed by atoms with Crippen LogP contribution in [0.5, 0.6) is 0 Å². The molecule has 0 radical (unpaired) electrons. The van der Waals surface area contributed by atoms with E-state index in [1.54, 1.807) is 0 Å². The minimum Gasteiger partial charge on any atom is -0.395 e. The lowest BCUT2D eigenvalue weighted by Gasteiger charge is -2.05. The Morgan fingerprint density at radius 2 is 2.09 bits per heavy atom. The Balaban J connectivity index is 3.25. The van der Waals surface area contributed by atoms with Crippen LogP contribution in [0.4, 0.5) is 15.8 Å². The van der Waals surface area contributed by atoms with Gasteiger partial charge in [-0.2, -0.15) is 0 Å². The molecule has 0 bridgehead atoms. The van der Waals surface area contributed by atoms with Crippen LogP contribution < -0.4 is 17.0 Å². The fourth-order valence-corrected chi connectivity index (χ4v) is 0.857. The van der Waals surface area contributed by atoms with Crippen molar-refractivity contribution in [1.29, 1.82) is 0 Å². The van der Waals surface area contributed by atoms with Crippen LogP contribution in [0, 0.1) is 5.82 Å². The van der Waals surface area contributed by atoms with Crippen molar-refractivity contribution in [2.75, 3.05) is 11.2 Å². The zero-order valence-electron chi connectivity index (χ0n) is 5.57. The van der Waals surface area contributed by atoms with E-state index in [1.165, 1.54) is 12.1 Å². The molecule has 1 rings (SSSR count). The van der Waals surface area contributed by atoms with E-state index in [2.05, 4.69) is 5.43 Å².